The number of hydrogen-bond acceptors (Lipinski definition) is 4. The summed E-state index contributed by atoms with van der Waals surface area (Å²) in [5, 5.41) is 6.22. The number of aromatic amines is 1. The number of nitrogens with zero attached hydrogens (tertiary/aromatic N) is 1. The van der Waals surface area contributed by atoms with Gasteiger partial charge in [-0.3, -0.25) is 9.59 Å². The molecule has 0 aliphatic rings. The summed E-state index contributed by atoms with van der Waals surface area (Å²) in [5.41, 5.74) is 2.45. The zero-order valence-corrected chi connectivity index (χ0v) is 16.9. The van der Waals surface area contributed by atoms with Gasteiger partial charge in [0.25, 0.3) is 5.91 Å². The van der Waals surface area contributed by atoms with E-state index in [1.54, 1.807) is 24.3 Å². The second-order valence-corrected chi connectivity index (χ2v) is 7.97. The van der Waals surface area contributed by atoms with Crippen LogP contribution in [-0.4, -0.2) is 40.6 Å². The van der Waals surface area contributed by atoms with Gasteiger partial charge < -0.3 is 15.6 Å². The Morgan fingerprint density at radius 3 is 2.57 bits per heavy atom. The highest BCUT2D eigenvalue weighted by atomic mass is 35.5. The molecule has 0 radical (unpaired) electrons. The van der Waals surface area contributed by atoms with Gasteiger partial charge in [0.2, 0.25) is 5.91 Å². The minimum absolute atomic E-state index is 0.0720. The Balaban J connectivity index is 1.36. The van der Waals surface area contributed by atoms with Crippen LogP contribution in [0.4, 0.5) is 0 Å². The van der Waals surface area contributed by atoms with Crippen molar-refractivity contribution in [3.05, 3.63) is 64.9 Å². The van der Waals surface area contributed by atoms with E-state index in [0.29, 0.717) is 29.4 Å². The maximum Gasteiger partial charge on any atom is 0.251 e. The van der Waals surface area contributed by atoms with Crippen molar-refractivity contribution in [2.45, 2.75) is 12.2 Å². The molecule has 2 aromatic carbocycles. The molecular weight excluding hydrogens is 396 g/mol. The van der Waals surface area contributed by atoms with Crippen LogP contribution in [0.15, 0.2) is 48.5 Å². The molecule has 0 aliphatic heterocycles. The van der Waals surface area contributed by atoms with E-state index in [0.717, 1.165) is 16.9 Å². The molecule has 0 spiro atoms. The number of imidazole rings is 1. The van der Waals surface area contributed by atoms with Gasteiger partial charge in [0.05, 0.1) is 22.0 Å². The molecule has 2 amide bonds. The minimum atomic E-state index is -0.196. The number of halogens is 1. The molecule has 3 rings (SSSR count). The number of aromatic nitrogens is 2. The third-order valence-corrected chi connectivity index (χ3v) is 5.50. The lowest BCUT2D eigenvalue weighted by Crippen LogP contribution is -2.35. The van der Waals surface area contributed by atoms with Crippen LogP contribution in [0.1, 0.15) is 28.4 Å². The third-order valence-electron chi connectivity index (χ3n) is 4.10. The van der Waals surface area contributed by atoms with Crippen LogP contribution >= 0.6 is 23.4 Å². The molecule has 6 nitrogen and oxygen atoms in total. The topological polar surface area (TPSA) is 86.9 Å². The minimum Gasteiger partial charge on any atom is -0.354 e. The summed E-state index contributed by atoms with van der Waals surface area (Å²) in [6, 6.07) is 14.5. The number of H-pyrrole nitrogens is 1. The van der Waals surface area contributed by atoms with Gasteiger partial charge in [-0.1, -0.05) is 23.7 Å². The number of nitrogens with one attached hydrogen (secondary N) is 3. The van der Waals surface area contributed by atoms with Gasteiger partial charge in [-0.15, -0.1) is 11.8 Å². The summed E-state index contributed by atoms with van der Waals surface area (Å²) >= 11 is 7.31. The third kappa shape index (κ3) is 5.50. The van der Waals surface area contributed by atoms with E-state index >= 15 is 0 Å². The zero-order chi connectivity index (χ0) is 19.9. The first-order valence-electron chi connectivity index (χ1n) is 8.89. The van der Waals surface area contributed by atoms with Gasteiger partial charge in [-0.2, -0.15) is 0 Å². The highest BCUT2D eigenvalue weighted by Crippen LogP contribution is 2.27. The molecule has 1 unspecified atom stereocenters. The summed E-state index contributed by atoms with van der Waals surface area (Å²) < 4.78 is 0. The average Bonchev–Trinajstić information content (AvgIpc) is 3.14. The summed E-state index contributed by atoms with van der Waals surface area (Å²) in [6.45, 7) is 2.75. The summed E-state index contributed by atoms with van der Waals surface area (Å²) in [4.78, 5) is 31.8. The van der Waals surface area contributed by atoms with Crippen LogP contribution in [0.3, 0.4) is 0 Å². The Hall–Kier alpha value is -2.51. The molecule has 1 atom stereocenters. The Bertz CT molecular complexity index is 925. The van der Waals surface area contributed by atoms with Crippen molar-refractivity contribution in [1.82, 2.24) is 20.6 Å². The fourth-order valence-electron chi connectivity index (χ4n) is 2.58. The lowest BCUT2D eigenvalue weighted by atomic mass is 10.2. The van der Waals surface area contributed by atoms with Crippen molar-refractivity contribution >= 4 is 46.2 Å². The number of para-hydroxylation sites is 2. The van der Waals surface area contributed by atoms with Crippen molar-refractivity contribution in [1.29, 1.82) is 0 Å². The van der Waals surface area contributed by atoms with Gasteiger partial charge in [0, 0.05) is 23.7 Å². The Morgan fingerprint density at radius 2 is 1.82 bits per heavy atom. The smallest absolute Gasteiger partial charge is 0.251 e. The quantitative estimate of drug-likeness (QED) is 0.490. The van der Waals surface area contributed by atoms with Crippen molar-refractivity contribution in [2.24, 2.45) is 0 Å². The van der Waals surface area contributed by atoms with Gasteiger partial charge in [-0.25, -0.2) is 4.98 Å². The monoisotopic (exact) mass is 416 g/mol. The second kappa shape index (κ2) is 9.61. The molecule has 0 bridgehead atoms. The maximum atomic E-state index is 12.0. The van der Waals surface area contributed by atoms with E-state index in [2.05, 4.69) is 20.6 Å². The number of carbonyl (C=O) groups is 2. The molecule has 146 valence electrons. The van der Waals surface area contributed by atoms with Crippen LogP contribution in [0.2, 0.25) is 5.02 Å². The van der Waals surface area contributed by atoms with Gasteiger partial charge in [0.1, 0.15) is 5.82 Å². The molecule has 28 heavy (non-hydrogen) atoms. The first-order chi connectivity index (χ1) is 13.5. The Kier molecular flexibility index (Phi) is 6.95. The first kappa shape index (κ1) is 20.2. The van der Waals surface area contributed by atoms with Crippen molar-refractivity contribution in [3.8, 4) is 0 Å². The molecular formula is C20H21ClN4O2S. The highest BCUT2D eigenvalue weighted by Gasteiger charge is 2.13. The molecule has 0 saturated heterocycles. The second-order valence-electron chi connectivity index (χ2n) is 6.21. The Labute approximate surface area is 172 Å². The lowest BCUT2D eigenvalue weighted by Gasteiger charge is -2.10. The number of amides is 2. The van der Waals surface area contributed by atoms with E-state index in [-0.39, 0.29) is 17.1 Å². The SMILES string of the molecule is CC(SCC(=O)NCCNC(=O)c1ccc(Cl)cc1)c1nc2ccccc2[nH]1. The van der Waals surface area contributed by atoms with Crippen molar-refractivity contribution < 1.29 is 9.59 Å². The predicted octanol–water partition coefficient (Wildman–Crippen LogP) is 3.56. The van der Waals surface area contributed by atoms with Crippen molar-refractivity contribution in [2.75, 3.05) is 18.8 Å². The molecule has 0 aliphatic carbocycles. The van der Waals surface area contributed by atoms with Crippen LogP contribution in [0.5, 0.6) is 0 Å². The molecule has 3 aromatic rings. The summed E-state index contributed by atoms with van der Waals surface area (Å²) in [6.07, 6.45) is 0. The largest absolute Gasteiger partial charge is 0.354 e. The van der Waals surface area contributed by atoms with Crippen LogP contribution in [-0.2, 0) is 4.79 Å². The van der Waals surface area contributed by atoms with E-state index in [9.17, 15) is 9.59 Å². The highest BCUT2D eigenvalue weighted by molar-refractivity contribution is 8.00. The number of carbonyl (C=O) groups excluding carboxylic acids is 2. The first-order valence-corrected chi connectivity index (χ1v) is 10.3. The van der Waals surface area contributed by atoms with Crippen LogP contribution in [0, 0.1) is 0 Å². The van der Waals surface area contributed by atoms with E-state index < -0.39 is 0 Å². The number of thioether (sulfide) groups is 1. The van der Waals surface area contributed by atoms with E-state index in [4.69, 9.17) is 11.6 Å². The van der Waals surface area contributed by atoms with Crippen LogP contribution < -0.4 is 10.6 Å². The van der Waals surface area contributed by atoms with Crippen molar-refractivity contribution in [3.63, 3.8) is 0 Å². The molecule has 1 heterocycles. The number of rotatable bonds is 8. The van der Waals surface area contributed by atoms with Gasteiger partial charge in [0.15, 0.2) is 0 Å². The lowest BCUT2D eigenvalue weighted by molar-refractivity contribution is -0.118. The predicted molar refractivity (Wildman–Crippen MR) is 114 cm³/mol. The van der Waals surface area contributed by atoms with E-state index in [1.807, 2.05) is 31.2 Å². The average molecular weight is 417 g/mol. The molecule has 0 saturated carbocycles. The number of fused-ring (bicyclic) bond motifs is 1. The molecule has 8 heteroatoms. The Morgan fingerprint density at radius 1 is 1.11 bits per heavy atom. The number of benzene rings is 2. The molecule has 3 N–H and O–H groups in total. The summed E-state index contributed by atoms with van der Waals surface area (Å²) in [7, 11) is 0. The van der Waals surface area contributed by atoms with Gasteiger partial charge in [-0.05, 0) is 43.3 Å². The fraction of sp³-hybridized carbons (Fsp3) is 0.250. The zero-order valence-electron chi connectivity index (χ0n) is 15.4. The molecule has 1 aromatic heterocycles. The molecule has 0 fully saturated rings. The normalized spacial score (nSPS) is 11.9. The number of hydrogen-bond donors (Lipinski definition) is 3. The van der Waals surface area contributed by atoms with Crippen LogP contribution in [0.25, 0.3) is 11.0 Å². The van der Waals surface area contributed by atoms with Gasteiger partial charge >= 0.3 is 0 Å². The van der Waals surface area contributed by atoms with E-state index in [1.165, 1.54) is 11.8 Å². The fourth-order valence-corrected chi connectivity index (χ4v) is 3.48. The summed E-state index contributed by atoms with van der Waals surface area (Å²) in [5.74, 6) is 0.908. The maximum absolute atomic E-state index is 12.0. The standard InChI is InChI=1S/C20H21ClN4O2S/c1-13(19-24-16-4-2-3-5-17(16)25-19)28-12-18(26)22-10-11-23-20(27)14-6-8-15(21)9-7-14/h2-9,13H,10-12H2,1H3,(H,22,26)(H,23,27)(H,24,25).